The lowest BCUT2D eigenvalue weighted by Crippen LogP contribution is -2.00. The first-order valence-electron chi connectivity index (χ1n) is 6.05. The van der Waals surface area contributed by atoms with Gasteiger partial charge in [0.25, 0.3) is 0 Å². The van der Waals surface area contributed by atoms with E-state index in [1.807, 2.05) is 24.3 Å². The number of aromatic nitrogens is 2. The molecule has 1 aromatic heterocycles. The molecule has 0 bridgehead atoms. The molecule has 5 heteroatoms. The highest BCUT2D eigenvalue weighted by atomic mass is 16.5. The fourth-order valence-electron chi connectivity index (χ4n) is 1.71. The number of benzene rings is 1. The van der Waals surface area contributed by atoms with E-state index in [1.54, 1.807) is 7.11 Å². The predicted molar refractivity (Wildman–Crippen MR) is 66.7 cm³/mol. The van der Waals surface area contributed by atoms with E-state index in [4.69, 9.17) is 9.26 Å². The minimum atomic E-state index is 0.527. The number of nitrogens with zero attached hydrogens (tertiary/aromatic N) is 2. The molecule has 0 aliphatic heterocycles. The van der Waals surface area contributed by atoms with Crippen LogP contribution in [-0.2, 0) is 6.42 Å². The Morgan fingerprint density at radius 1 is 1.33 bits per heavy atom. The number of ether oxygens (including phenoxy) is 1. The number of methoxy groups -OCH3 is 1. The summed E-state index contributed by atoms with van der Waals surface area (Å²) in [5.74, 6) is 1.55. The Labute approximate surface area is 105 Å². The van der Waals surface area contributed by atoms with E-state index < -0.39 is 0 Å². The molecule has 5 nitrogen and oxygen atoms in total. The maximum atomic E-state index is 5.14. The summed E-state index contributed by atoms with van der Waals surface area (Å²) in [7, 11) is 1.66. The van der Waals surface area contributed by atoms with Crippen molar-refractivity contribution in [3.8, 4) is 5.75 Å². The molecule has 0 radical (unpaired) electrons. The fourth-order valence-corrected chi connectivity index (χ4v) is 1.71. The van der Waals surface area contributed by atoms with Crippen LogP contribution in [0.15, 0.2) is 28.8 Å². The Bertz CT molecular complexity index is 517. The van der Waals surface area contributed by atoms with E-state index in [9.17, 15) is 0 Å². The monoisotopic (exact) mass is 245 g/mol. The summed E-state index contributed by atoms with van der Waals surface area (Å²) >= 11 is 0. The van der Waals surface area contributed by atoms with Crippen LogP contribution in [-0.4, -0.2) is 23.3 Å². The van der Waals surface area contributed by atoms with Gasteiger partial charge in [0.1, 0.15) is 5.75 Å². The third-order valence-electron chi connectivity index (χ3n) is 2.89. The average molecular weight is 245 g/mol. The molecular weight excluding hydrogens is 230 g/mol. The molecule has 0 atom stereocenters. The quantitative estimate of drug-likeness (QED) is 0.875. The number of nitrogens with one attached hydrogen (secondary N) is 1. The molecule has 18 heavy (non-hydrogen) atoms. The van der Waals surface area contributed by atoms with Gasteiger partial charge in [0, 0.05) is 12.5 Å². The molecule has 1 aliphatic rings. The molecule has 1 aromatic carbocycles. The third-order valence-corrected chi connectivity index (χ3v) is 2.89. The van der Waals surface area contributed by atoms with Crippen molar-refractivity contribution in [1.29, 1.82) is 0 Å². The summed E-state index contributed by atoms with van der Waals surface area (Å²) in [6, 6.07) is 8.92. The summed E-state index contributed by atoms with van der Waals surface area (Å²) < 4.78 is 10.3. The zero-order chi connectivity index (χ0) is 12.4. The smallest absolute Gasteiger partial charge is 0.321 e. The molecule has 1 fully saturated rings. The second kappa shape index (κ2) is 4.68. The Kier molecular flexibility index (Phi) is 2.88. The van der Waals surface area contributed by atoms with Gasteiger partial charge in [-0.05, 0) is 30.5 Å². The van der Waals surface area contributed by atoms with Gasteiger partial charge in [-0.2, -0.15) is 4.98 Å². The van der Waals surface area contributed by atoms with Gasteiger partial charge in [0.15, 0.2) is 5.82 Å². The van der Waals surface area contributed by atoms with Crippen molar-refractivity contribution in [3.63, 3.8) is 0 Å². The number of hydrogen-bond donors (Lipinski definition) is 1. The minimum absolute atomic E-state index is 0.527. The molecule has 1 N–H and O–H groups in total. The minimum Gasteiger partial charge on any atom is -0.497 e. The van der Waals surface area contributed by atoms with Crippen LogP contribution in [0, 0.1) is 0 Å². The summed E-state index contributed by atoms with van der Waals surface area (Å²) in [4.78, 5) is 4.31. The zero-order valence-electron chi connectivity index (χ0n) is 10.2. The Morgan fingerprint density at radius 3 is 2.78 bits per heavy atom. The highest BCUT2D eigenvalue weighted by Crippen LogP contribution is 2.23. The van der Waals surface area contributed by atoms with Gasteiger partial charge in [-0.15, -0.1) is 0 Å². The van der Waals surface area contributed by atoms with Crippen LogP contribution < -0.4 is 10.1 Å². The molecule has 0 amide bonds. The fraction of sp³-hybridized carbons (Fsp3) is 0.385. The first kappa shape index (κ1) is 11.1. The molecule has 0 spiro atoms. The third kappa shape index (κ3) is 2.61. The van der Waals surface area contributed by atoms with Crippen LogP contribution in [0.5, 0.6) is 5.75 Å². The van der Waals surface area contributed by atoms with Gasteiger partial charge in [0.05, 0.1) is 7.11 Å². The van der Waals surface area contributed by atoms with Crippen molar-refractivity contribution < 1.29 is 9.26 Å². The molecule has 2 aromatic rings. The van der Waals surface area contributed by atoms with Crippen LogP contribution in [0.2, 0.25) is 0 Å². The molecule has 1 heterocycles. The SMILES string of the molecule is COc1ccc(Cc2noc(NC3CC3)n2)cc1. The Balaban J connectivity index is 1.64. The van der Waals surface area contributed by atoms with E-state index in [0.29, 0.717) is 24.3 Å². The first-order chi connectivity index (χ1) is 8.83. The molecule has 1 aliphatic carbocycles. The predicted octanol–water partition coefficient (Wildman–Crippen LogP) is 2.24. The molecule has 1 saturated carbocycles. The summed E-state index contributed by atoms with van der Waals surface area (Å²) in [5.41, 5.74) is 1.13. The molecule has 0 saturated heterocycles. The largest absolute Gasteiger partial charge is 0.497 e. The Morgan fingerprint density at radius 2 is 2.11 bits per heavy atom. The summed E-state index contributed by atoms with van der Waals surface area (Å²) in [5, 5.41) is 7.14. The lowest BCUT2D eigenvalue weighted by Gasteiger charge is -2.00. The molecule has 0 unspecified atom stereocenters. The highest BCUT2D eigenvalue weighted by Gasteiger charge is 2.23. The molecule has 3 rings (SSSR count). The van der Waals surface area contributed by atoms with E-state index in [1.165, 1.54) is 12.8 Å². The molecular formula is C13H15N3O2. The van der Waals surface area contributed by atoms with E-state index in [0.717, 1.165) is 11.3 Å². The van der Waals surface area contributed by atoms with Crippen molar-refractivity contribution >= 4 is 6.01 Å². The van der Waals surface area contributed by atoms with Crippen LogP contribution in [0.4, 0.5) is 6.01 Å². The Hall–Kier alpha value is -2.04. The van der Waals surface area contributed by atoms with Crippen molar-refractivity contribution in [2.45, 2.75) is 25.3 Å². The van der Waals surface area contributed by atoms with Gasteiger partial charge in [-0.1, -0.05) is 17.3 Å². The maximum Gasteiger partial charge on any atom is 0.321 e. The van der Waals surface area contributed by atoms with Crippen LogP contribution in [0.3, 0.4) is 0 Å². The summed E-state index contributed by atoms with van der Waals surface area (Å²) in [6.07, 6.45) is 3.05. The lowest BCUT2D eigenvalue weighted by molar-refractivity contribution is 0.414. The van der Waals surface area contributed by atoms with Gasteiger partial charge in [-0.3, -0.25) is 0 Å². The van der Waals surface area contributed by atoms with Gasteiger partial charge >= 0.3 is 6.01 Å². The second-order valence-corrected chi connectivity index (χ2v) is 4.46. The average Bonchev–Trinajstić information content (AvgIpc) is 3.10. The second-order valence-electron chi connectivity index (χ2n) is 4.46. The van der Waals surface area contributed by atoms with E-state index in [2.05, 4.69) is 15.5 Å². The number of hydrogen-bond acceptors (Lipinski definition) is 5. The zero-order valence-corrected chi connectivity index (χ0v) is 10.2. The summed E-state index contributed by atoms with van der Waals surface area (Å²) in [6.45, 7) is 0. The van der Waals surface area contributed by atoms with Crippen molar-refractivity contribution in [1.82, 2.24) is 10.1 Å². The van der Waals surface area contributed by atoms with Crippen molar-refractivity contribution in [3.05, 3.63) is 35.7 Å². The normalized spacial score (nSPS) is 14.5. The van der Waals surface area contributed by atoms with Crippen molar-refractivity contribution in [2.75, 3.05) is 12.4 Å². The standard InChI is InChI=1S/C13H15N3O2/c1-17-11-6-2-9(3-7-11)8-12-15-13(18-16-12)14-10-4-5-10/h2-3,6-7,10H,4-5,8H2,1H3,(H,14,15,16). The lowest BCUT2D eigenvalue weighted by atomic mass is 10.1. The van der Waals surface area contributed by atoms with Crippen LogP contribution in [0.1, 0.15) is 24.2 Å². The number of anilines is 1. The van der Waals surface area contributed by atoms with Gasteiger partial charge in [0.2, 0.25) is 0 Å². The van der Waals surface area contributed by atoms with Crippen molar-refractivity contribution in [2.24, 2.45) is 0 Å². The maximum absolute atomic E-state index is 5.14. The van der Waals surface area contributed by atoms with E-state index in [-0.39, 0.29) is 0 Å². The van der Waals surface area contributed by atoms with Crippen LogP contribution >= 0.6 is 0 Å². The first-order valence-corrected chi connectivity index (χ1v) is 6.05. The van der Waals surface area contributed by atoms with E-state index >= 15 is 0 Å². The number of rotatable bonds is 5. The van der Waals surface area contributed by atoms with Crippen LogP contribution in [0.25, 0.3) is 0 Å². The molecule has 94 valence electrons. The van der Waals surface area contributed by atoms with Gasteiger partial charge in [-0.25, -0.2) is 0 Å². The van der Waals surface area contributed by atoms with Gasteiger partial charge < -0.3 is 14.6 Å². The highest BCUT2D eigenvalue weighted by molar-refractivity contribution is 5.30. The topological polar surface area (TPSA) is 60.2 Å².